The molecule has 1 heterocycles. The number of benzene rings is 1. The smallest absolute Gasteiger partial charge is 0.223 e. The third-order valence-corrected chi connectivity index (χ3v) is 4.44. The van der Waals surface area contributed by atoms with Gasteiger partial charge in [0.25, 0.3) is 0 Å². The molecule has 22 heavy (non-hydrogen) atoms. The van der Waals surface area contributed by atoms with Crippen LogP contribution in [-0.4, -0.2) is 36.5 Å². The minimum absolute atomic E-state index is 0. The monoisotopic (exact) mass is 324 g/mol. The van der Waals surface area contributed by atoms with Crippen LogP contribution in [0.2, 0.25) is 0 Å². The highest BCUT2D eigenvalue weighted by Gasteiger charge is 2.27. The Hall–Kier alpha value is -1.06. The van der Waals surface area contributed by atoms with Gasteiger partial charge >= 0.3 is 0 Å². The van der Waals surface area contributed by atoms with E-state index in [1.54, 1.807) is 0 Å². The Morgan fingerprint density at radius 1 is 1.32 bits per heavy atom. The van der Waals surface area contributed by atoms with E-state index in [-0.39, 0.29) is 12.4 Å². The van der Waals surface area contributed by atoms with E-state index in [1.807, 2.05) is 6.07 Å². The minimum Gasteiger partial charge on any atom is -0.338 e. The molecule has 2 atom stereocenters. The van der Waals surface area contributed by atoms with Gasteiger partial charge in [0.2, 0.25) is 5.91 Å². The zero-order valence-electron chi connectivity index (χ0n) is 13.8. The van der Waals surface area contributed by atoms with Gasteiger partial charge in [-0.05, 0) is 37.3 Å². The van der Waals surface area contributed by atoms with E-state index in [1.165, 1.54) is 5.56 Å². The lowest BCUT2D eigenvalue weighted by Crippen LogP contribution is -2.42. The van der Waals surface area contributed by atoms with Gasteiger partial charge in [0.15, 0.2) is 0 Å². The predicted molar refractivity (Wildman–Crippen MR) is 94.6 cm³/mol. The van der Waals surface area contributed by atoms with Crippen LogP contribution >= 0.6 is 12.4 Å². The van der Waals surface area contributed by atoms with E-state index in [0.717, 1.165) is 38.9 Å². The highest BCUT2D eigenvalue weighted by atomic mass is 35.5. The number of hydrogen-bond donors (Lipinski definition) is 1. The zero-order chi connectivity index (χ0) is 15.1. The molecule has 1 aromatic carbocycles. The molecule has 0 aliphatic carbocycles. The van der Waals surface area contributed by atoms with Crippen molar-refractivity contribution in [3.8, 4) is 0 Å². The predicted octanol–water partition coefficient (Wildman–Crippen LogP) is 3.59. The summed E-state index contributed by atoms with van der Waals surface area (Å²) in [5, 5.41) is 3.37. The molecular weight excluding hydrogens is 296 g/mol. The molecule has 3 nitrogen and oxygen atoms in total. The topological polar surface area (TPSA) is 32.3 Å². The average Bonchev–Trinajstić information content (AvgIpc) is 3.05. The van der Waals surface area contributed by atoms with Crippen molar-refractivity contribution < 1.29 is 4.79 Å². The Balaban J connectivity index is 0.00000242. The largest absolute Gasteiger partial charge is 0.338 e. The number of halogens is 1. The molecule has 0 aromatic heterocycles. The maximum absolute atomic E-state index is 12.8. The number of nitrogens with zero attached hydrogens (tertiary/aromatic N) is 1. The van der Waals surface area contributed by atoms with Crippen molar-refractivity contribution in [2.45, 2.75) is 51.5 Å². The minimum atomic E-state index is 0. The Bertz CT molecular complexity index is 432. The maximum Gasteiger partial charge on any atom is 0.223 e. The van der Waals surface area contributed by atoms with E-state index in [2.05, 4.69) is 48.3 Å². The number of nitrogens with one attached hydrogen (secondary N) is 1. The standard InChI is InChI=1S/C18H28N2O.ClH/c1-3-12-20(17-10-11-19-14-17)18(21)13-15(4-2)16-8-6-5-7-9-16;/h5-9,15,17,19H,3-4,10-14H2,1-2H3;1H. The van der Waals surface area contributed by atoms with Crippen molar-refractivity contribution in [3.63, 3.8) is 0 Å². The van der Waals surface area contributed by atoms with Crippen LogP contribution in [0.15, 0.2) is 30.3 Å². The summed E-state index contributed by atoms with van der Waals surface area (Å²) in [5.74, 6) is 0.661. The van der Waals surface area contributed by atoms with E-state index in [4.69, 9.17) is 0 Å². The summed E-state index contributed by atoms with van der Waals surface area (Å²) in [7, 11) is 0. The van der Waals surface area contributed by atoms with Crippen LogP contribution in [0.4, 0.5) is 0 Å². The van der Waals surface area contributed by atoms with Crippen LogP contribution in [0.25, 0.3) is 0 Å². The Morgan fingerprint density at radius 2 is 2.05 bits per heavy atom. The van der Waals surface area contributed by atoms with Gasteiger partial charge in [-0.1, -0.05) is 44.2 Å². The van der Waals surface area contributed by atoms with Crippen molar-refractivity contribution in [1.82, 2.24) is 10.2 Å². The second-order valence-corrected chi connectivity index (χ2v) is 5.95. The quantitative estimate of drug-likeness (QED) is 0.831. The van der Waals surface area contributed by atoms with Crippen LogP contribution in [0.5, 0.6) is 0 Å². The first-order chi connectivity index (χ1) is 10.3. The summed E-state index contributed by atoms with van der Waals surface area (Å²) >= 11 is 0. The van der Waals surface area contributed by atoms with Gasteiger partial charge in [0.1, 0.15) is 0 Å². The lowest BCUT2D eigenvalue weighted by Gasteiger charge is -2.30. The first kappa shape index (κ1) is 19.0. The average molecular weight is 325 g/mol. The third-order valence-electron chi connectivity index (χ3n) is 4.44. The summed E-state index contributed by atoms with van der Waals surface area (Å²) in [6.07, 6.45) is 3.77. The van der Waals surface area contributed by atoms with Gasteiger partial charge in [-0.25, -0.2) is 0 Å². The molecule has 1 aliphatic heterocycles. The SMILES string of the molecule is CCCN(C(=O)CC(CC)c1ccccc1)C1CCNC1.Cl. The fraction of sp³-hybridized carbons (Fsp3) is 0.611. The fourth-order valence-electron chi connectivity index (χ4n) is 3.21. The highest BCUT2D eigenvalue weighted by molar-refractivity contribution is 5.85. The molecule has 2 rings (SSSR count). The number of carbonyl (C=O) groups excluding carboxylic acids is 1. The van der Waals surface area contributed by atoms with Crippen LogP contribution in [0.3, 0.4) is 0 Å². The van der Waals surface area contributed by atoms with Crippen molar-refractivity contribution >= 4 is 18.3 Å². The molecule has 2 unspecified atom stereocenters. The molecule has 1 aliphatic rings. The lowest BCUT2D eigenvalue weighted by atomic mass is 9.92. The van der Waals surface area contributed by atoms with Crippen LogP contribution in [0, 0.1) is 0 Å². The van der Waals surface area contributed by atoms with E-state index < -0.39 is 0 Å². The molecule has 0 bridgehead atoms. The summed E-state index contributed by atoms with van der Waals surface area (Å²) < 4.78 is 0. The second-order valence-electron chi connectivity index (χ2n) is 5.95. The molecule has 0 spiro atoms. The number of hydrogen-bond acceptors (Lipinski definition) is 2. The van der Waals surface area contributed by atoms with Gasteiger partial charge in [-0.2, -0.15) is 0 Å². The van der Waals surface area contributed by atoms with Crippen molar-refractivity contribution in [2.75, 3.05) is 19.6 Å². The van der Waals surface area contributed by atoms with Gasteiger partial charge in [0.05, 0.1) is 0 Å². The van der Waals surface area contributed by atoms with Crippen molar-refractivity contribution in [3.05, 3.63) is 35.9 Å². The van der Waals surface area contributed by atoms with E-state index in [0.29, 0.717) is 24.3 Å². The molecule has 1 amide bonds. The summed E-state index contributed by atoms with van der Waals surface area (Å²) in [5.41, 5.74) is 1.29. The first-order valence-electron chi connectivity index (χ1n) is 8.31. The molecule has 1 N–H and O–H groups in total. The van der Waals surface area contributed by atoms with Crippen molar-refractivity contribution in [1.29, 1.82) is 0 Å². The third kappa shape index (κ3) is 4.99. The van der Waals surface area contributed by atoms with Crippen molar-refractivity contribution in [2.24, 2.45) is 0 Å². The number of rotatable bonds is 7. The van der Waals surface area contributed by atoms with E-state index >= 15 is 0 Å². The van der Waals surface area contributed by atoms with Gasteiger partial charge in [0, 0.05) is 25.6 Å². The molecule has 0 saturated carbocycles. The molecule has 1 fully saturated rings. The van der Waals surface area contributed by atoms with Gasteiger partial charge in [-0.3, -0.25) is 4.79 Å². The Labute approximate surface area is 140 Å². The first-order valence-corrected chi connectivity index (χ1v) is 8.31. The Kier molecular flexibility index (Phi) is 8.51. The molecule has 1 aromatic rings. The number of amides is 1. The molecule has 1 saturated heterocycles. The highest BCUT2D eigenvalue weighted by Crippen LogP contribution is 2.25. The summed E-state index contributed by atoms with van der Waals surface area (Å²) in [6, 6.07) is 10.8. The molecule has 0 radical (unpaired) electrons. The van der Waals surface area contributed by atoms with Crippen LogP contribution in [0.1, 0.15) is 51.0 Å². The van der Waals surface area contributed by atoms with Crippen LogP contribution < -0.4 is 5.32 Å². The zero-order valence-corrected chi connectivity index (χ0v) is 14.6. The summed E-state index contributed by atoms with van der Waals surface area (Å²) in [4.78, 5) is 14.9. The van der Waals surface area contributed by atoms with Gasteiger partial charge in [-0.15, -0.1) is 12.4 Å². The van der Waals surface area contributed by atoms with E-state index in [9.17, 15) is 4.79 Å². The Morgan fingerprint density at radius 3 is 2.59 bits per heavy atom. The summed E-state index contributed by atoms with van der Waals surface area (Å²) in [6.45, 7) is 7.20. The molecule has 124 valence electrons. The maximum atomic E-state index is 12.8. The van der Waals surface area contributed by atoms with Crippen LogP contribution in [-0.2, 0) is 4.79 Å². The normalized spacial score (nSPS) is 18.5. The molecular formula is C18H29ClN2O. The lowest BCUT2D eigenvalue weighted by molar-refractivity contribution is -0.133. The fourth-order valence-corrected chi connectivity index (χ4v) is 3.21. The molecule has 4 heteroatoms. The number of carbonyl (C=O) groups is 1. The second kappa shape index (κ2) is 9.86. The van der Waals surface area contributed by atoms with Gasteiger partial charge < -0.3 is 10.2 Å².